The van der Waals surface area contributed by atoms with Crippen molar-refractivity contribution >= 4 is 11.6 Å². The van der Waals surface area contributed by atoms with Crippen LogP contribution in [0.3, 0.4) is 0 Å². The highest BCUT2D eigenvalue weighted by atomic mass is 16.5. The molecule has 0 N–H and O–H groups in total. The Hall–Kier alpha value is -2.69. The molecule has 27 heavy (non-hydrogen) atoms. The first-order valence-electron chi connectivity index (χ1n) is 9.50. The Bertz CT molecular complexity index is 740. The maximum absolute atomic E-state index is 12.5. The van der Waals surface area contributed by atoms with E-state index in [2.05, 4.69) is 29.2 Å². The number of methoxy groups -OCH3 is 2. The van der Waals surface area contributed by atoms with E-state index in [0.717, 1.165) is 56.1 Å². The summed E-state index contributed by atoms with van der Waals surface area (Å²) in [5.74, 6) is 1.72. The molecule has 1 fully saturated rings. The SMILES string of the molecule is COc1ccc(CCCC(=O)N2CCN(c3ccccc3)CC2)cc1OC. The predicted molar refractivity (Wildman–Crippen MR) is 108 cm³/mol. The van der Waals surface area contributed by atoms with Crippen LogP contribution in [-0.4, -0.2) is 51.2 Å². The minimum absolute atomic E-state index is 0.253. The second-order valence-corrected chi connectivity index (χ2v) is 6.75. The number of hydrogen-bond acceptors (Lipinski definition) is 4. The van der Waals surface area contributed by atoms with Gasteiger partial charge in [0, 0.05) is 38.3 Å². The molecule has 1 aliphatic rings. The van der Waals surface area contributed by atoms with Crippen molar-refractivity contribution in [3.05, 3.63) is 54.1 Å². The highest BCUT2D eigenvalue weighted by Crippen LogP contribution is 2.28. The van der Waals surface area contributed by atoms with Crippen LogP contribution in [0.5, 0.6) is 11.5 Å². The van der Waals surface area contributed by atoms with Gasteiger partial charge in [0.25, 0.3) is 0 Å². The van der Waals surface area contributed by atoms with Gasteiger partial charge in [0.2, 0.25) is 5.91 Å². The number of hydrogen-bond donors (Lipinski definition) is 0. The van der Waals surface area contributed by atoms with Crippen molar-refractivity contribution in [3.8, 4) is 11.5 Å². The number of piperazine rings is 1. The molecular formula is C22H28N2O3. The number of rotatable bonds is 7. The normalized spacial score (nSPS) is 14.1. The number of anilines is 1. The molecule has 0 saturated carbocycles. The first-order valence-corrected chi connectivity index (χ1v) is 9.50. The second kappa shape index (κ2) is 9.31. The van der Waals surface area contributed by atoms with Gasteiger partial charge in [-0.25, -0.2) is 0 Å². The van der Waals surface area contributed by atoms with Gasteiger partial charge in [0.1, 0.15) is 0 Å². The first kappa shape index (κ1) is 19.1. The fourth-order valence-corrected chi connectivity index (χ4v) is 3.49. The molecule has 0 radical (unpaired) electrons. The molecular weight excluding hydrogens is 340 g/mol. The zero-order chi connectivity index (χ0) is 19.1. The number of nitrogens with zero attached hydrogens (tertiary/aromatic N) is 2. The highest BCUT2D eigenvalue weighted by Gasteiger charge is 2.20. The lowest BCUT2D eigenvalue weighted by Gasteiger charge is -2.36. The first-order chi connectivity index (χ1) is 13.2. The number of aryl methyl sites for hydroxylation is 1. The molecule has 3 rings (SSSR count). The number of carbonyl (C=O) groups is 1. The van der Waals surface area contributed by atoms with Gasteiger partial charge in [-0.15, -0.1) is 0 Å². The van der Waals surface area contributed by atoms with Gasteiger partial charge in [-0.05, 0) is 42.7 Å². The van der Waals surface area contributed by atoms with E-state index in [-0.39, 0.29) is 5.91 Å². The second-order valence-electron chi connectivity index (χ2n) is 6.75. The molecule has 144 valence electrons. The highest BCUT2D eigenvalue weighted by molar-refractivity contribution is 5.76. The molecule has 0 bridgehead atoms. The molecule has 1 saturated heterocycles. The third-order valence-electron chi connectivity index (χ3n) is 5.06. The Balaban J connectivity index is 1.44. The summed E-state index contributed by atoms with van der Waals surface area (Å²) in [6.07, 6.45) is 2.28. The van der Waals surface area contributed by atoms with E-state index in [1.807, 2.05) is 29.2 Å². The van der Waals surface area contributed by atoms with Crippen LogP contribution in [0.2, 0.25) is 0 Å². The largest absolute Gasteiger partial charge is 0.493 e. The Kier molecular flexibility index (Phi) is 6.58. The van der Waals surface area contributed by atoms with E-state index in [1.165, 1.54) is 5.69 Å². The van der Waals surface area contributed by atoms with E-state index in [1.54, 1.807) is 14.2 Å². The number of carbonyl (C=O) groups excluding carboxylic acids is 1. The van der Waals surface area contributed by atoms with Crippen molar-refractivity contribution < 1.29 is 14.3 Å². The van der Waals surface area contributed by atoms with E-state index >= 15 is 0 Å². The van der Waals surface area contributed by atoms with E-state index in [4.69, 9.17) is 9.47 Å². The molecule has 5 nitrogen and oxygen atoms in total. The van der Waals surface area contributed by atoms with Gasteiger partial charge in [0.05, 0.1) is 14.2 Å². The Morgan fingerprint density at radius 3 is 2.30 bits per heavy atom. The van der Waals surface area contributed by atoms with Crippen LogP contribution in [-0.2, 0) is 11.2 Å². The Labute approximate surface area is 161 Å². The van der Waals surface area contributed by atoms with Crippen molar-refractivity contribution in [1.29, 1.82) is 0 Å². The average molecular weight is 368 g/mol. The standard InChI is InChI=1S/C22H28N2O3/c1-26-20-12-11-18(17-21(20)27-2)7-6-10-22(25)24-15-13-23(14-16-24)19-8-4-3-5-9-19/h3-5,8-9,11-12,17H,6-7,10,13-16H2,1-2H3. The fourth-order valence-electron chi connectivity index (χ4n) is 3.49. The number of benzene rings is 2. The molecule has 0 spiro atoms. The summed E-state index contributed by atoms with van der Waals surface area (Å²) < 4.78 is 10.6. The summed E-state index contributed by atoms with van der Waals surface area (Å²) in [7, 11) is 3.27. The van der Waals surface area contributed by atoms with Crippen LogP contribution in [0.15, 0.2) is 48.5 Å². The van der Waals surface area contributed by atoms with Crippen molar-refractivity contribution in [1.82, 2.24) is 4.90 Å². The smallest absolute Gasteiger partial charge is 0.222 e. The molecule has 1 heterocycles. The lowest BCUT2D eigenvalue weighted by atomic mass is 10.1. The monoisotopic (exact) mass is 368 g/mol. The molecule has 0 unspecified atom stereocenters. The maximum atomic E-state index is 12.5. The van der Waals surface area contributed by atoms with Crippen LogP contribution < -0.4 is 14.4 Å². The summed E-state index contributed by atoms with van der Waals surface area (Å²) in [6, 6.07) is 16.3. The minimum Gasteiger partial charge on any atom is -0.493 e. The van der Waals surface area contributed by atoms with Crippen LogP contribution in [0.1, 0.15) is 18.4 Å². The Morgan fingerprint density at radius 2 is 1.63 bits per heavy atom. The predicted octanol–water partition coefficient (Wildman–Crippen LogP) is 3.38. The lowest BCUT2D eigenvalue weighted by molar-refractivity contribution is -0.131. The van der Waals surface area contributed by atoms with E-state index < -0.39 is 0 Å². The van der Waals surface area contributed by atoms with E-state index in [0.29, 0.717) is 6.42 Å². The third kappa shape index (κ3) is 4.94. The van der Waals surface area contributed by atoms with Crippen molar-refractivity contribution in [2.24, 2.45) is 0 Å². The molecule has 1 aliphatic heterocycles. The van der Waals surface area contributed by atoms with Gasteiger partial charge >= 0.3 is 0 Å². The third-order valence-corrected chi connectivity index (χ3v) is 5.06. The van der Waals surface area contributed by atoms with Crippen LogP contribution >= 0.6 is 0 Å². The summed E-state index contributed by atoms with van der Waals surface area (Å²) in [5.41, 5.74) is 2.40. The average Bonchev–Trinajstić information content (AvgIpc) is 2.74. The molecule has 0 atom stereocenters. The topological polar surface area (TPSA) is 42.0 Å². The van der Waals surface area contributed by atoms with Crippen molar-refractivity contribution in [3.63, 3.8) is 0 Å². The lowest BCUT2D eigenvalue weighted by Crippen LogP contribution is -2.48. The van der Waals surface area contributed by atoms with Crippen LogP contribution in [0, 0.1) is 0 Å². The van der Waals surface area contributed by atoms with Crippen molar-refractivity contribution in [2.75, 3.05) is 45.3 Å². The van der Waals surface area contributed by atoms with Gasteiger partial charge in [-0.1, -0.05) is 24.3 Å². The van der Waals surface area contributed by atoms with Crippen molar-refractivity contribution in [2.45, 2.75) is 19.3 Å². The molecule has 5 heteroatoms. The van der Waals surface area contributed by atoms with Gasteiger partial charge < -0.3 is 19.3 Å². The van der Waals surface area contributed by atoms with Gasteiger partial charge in [-0.2, -0.15) is 0 Å². The molecule has 0 aromatic heterocycles. The van der Waals surface area contributed by atoms with Crippen LogP contribution in [0.25, 0.3) is 0 Å². The zero-order valence-corrected chi connectivity index (χ0v) is 16.2. The number of amides is 1. The molecule has 2 aromatic rings. The minimum atomic E-state index is 0.253. The maximum Gasteiger partial charge on any atom is 0.222 e. The quantitative estimate of drug-likeness (QED) is 0.751. The molecule has 1 amide bonds. The molecule has 2 aromatic carbocycles. The molecule has 0 aliphatic carbocycles. The number of ether oxygens (including phenoxy) is 2. The van der Waals surface area contributed by atoms with Gasteiger partial charge in [0.15, 0.2) is 11.5 Å². The fraction of sp³-hybridized carbons (Fsp3) is 0.409. The number of para-hydroxylation sites is 1. The summed E-state index contributed by atoms with van der Waals surface area (Å²) in [4.78, 5) is 16.9. The Morgan fingerprint density at radius 1 is 0.926 bits per heavy atom. The summed E-state index contributed by atoms with van der Waals surface area (Å²) in [5, 5.41) is 0. The van der Waals surface area contributed by atoms with Crippen LogP contribution in [0.4, 0.5) is 5.69 Å². The summed E-state index contributed by atoms with van der Waals surface area (Å²) >= 11 is 0. The summed E-state index contributed by atoms with van der Waals surface area (Å²) in [6.45, 7) is 3.38. The van der Waals surface area contributed by atoms with Gasteiger partial charge in [-0.3, -0.25) is 4.79 Å². The zero-order valence-electron chi connectivity index (χ0n) is 16.2. The van der Waals surface area contributed by atoms with E-state index in [9.17, 15) is 4.79 Å².